The number of amides is 1. The number of nitrogens with one attached hydrogen (secondary N) is 2. The van der Waals surface area contributed by atoms with Crippen LogP contribution in [0.5, 0.6) is 0 Å². The highest BCUT2D eigenvalue weighted by Gasteiger charge is 2.24. The van der Waals surface area contributed by atoms with E-state index in [0.29, 0.717) is 12.1 Å². The van der Waals surface area contributed by atoms with Crippen LogP contribution < -0.4 is 10.6 Å². The molecule has 1 saturated heterocycles. The van der Waals surface area contributed by atoms with Crippen molar-refractivity contribution in [2.45, 2.75) is 38.8 Å². The van der Waals surface area contributed by atoms with Crippen LogP contribution in [-0.4, -0.2) is 36.5 Å². The van der Waals surface area contributed by atoms with Gasteiger partial charge in [0.2, 0.25) is 5.91 Å². The second-order valence-corrected chi connectivity index (χ2v) is 5.27. The molecule has 0 aromatic rings. The molecule has 1 heterocycles. The maximum Gasteiger partial charge on any atom is 0.223 e. The number of carbonyl (C=O) groups excluding carboxylic acids is 1. The minimum absolute atomic E-state index is 0.120. The second kappa shape index (κ2) is 6.38. The summed E-state index contributed by atoms with van der Waals surface area (Å²) in [6.07, 6.45) is 4.30. The number of piperidine rings is 1. The van der Waals surface area contributed by atoms with Crippen molar-refractivity contribution in [1.29, 1.82) is 0 Å². The van der Waals surface area contributed by atoms with Crippen molar-refractivity contribution in [2.24, 2.45) is 5.92 Å². The minimum atomic E-state index is 0.120. The average Bonchev–Trinajstić information content (AvgIpc) is 2.21. The molecule has 0 radical (unpaired) electrons. The van der Waals surface area contributed by atoms with Crippen molar-refractivity contribution < 1.29 is 4.79 Å². The smallest absolute Gasteiger partial charge is 0.223 e. The molecule has 0 aromatic carbocycles. The van der Waals surface area contributed by atoms with Crippen LogP contribution in [0.25, 0.3) is 0 Å². The lowest BCUT2D eigenvalue weighted by molar-refractivity contribution is -0.124. The van der Waals surface area contributed by atoms with Gasteiger partial charge in [-0.1, -0.05) is 6.92 Å². The van der Waals surface area contributed by atoms with Crippen LogP contribution in [0.15, 0.2) is 0 Å². The van der Waals surface area contributed by atoms with E-state index in [2.05, 4.69) is 17.6 Å². The number of thioether (sulfide) groups is 1. The van der Waals surface area contributed by atoms with E-state index in [-0.39, 0.29) is 11.8 Å². The van der Waals surface area contributed by atoms with Gasteiger partial charge in [0.1, 0.15) is 0 Å². The van der Waals surface area contributed by atoms with Crippen LogP contribution in [0, 0.1) is 5.92 Å². The van der Waals surface area contributed by atoms with Crippen LogP contribution >= 0.6 is 11.8 Å². The van der Waals surface area contributed by atoms with Gasteiger partial charge in [0, 0.05) is 23.8 Å². The third-order valence-corrected chi connectivity index (χ3v) is 3.79. The lowest BCUT2D eigenvalue weighted by Crippen LogP contribution is -2.53. The highest BCUT2D eigenvalue weighted by atomic mass is 32.2. The molecule has 1 amide bonds. The van der Waals surface area contributed by atoms with Crippen LogP contribution in [0.4, 0.5) is 0 Å². The average molecular weight is 230 g/mol. The Morgan fingerprint density at radius 1 is 1.67 bits per heavy atom. The number of hydrogen-bond donors (Lipinski definition) is 2. The van der Waals surface area contributed by atoms with Crippen molar-refractivity contribution in [2.75, 3.05) is 18.6 Å². The molecule has 1 aliphatic heterocycles. The molecule has 2 N–H and O–H groups in total. The lowest BCUT2D eigenvalue weighted by atomic mass is 9.99. The summed E-state index contributed by atoms with van der Waals surface area (Å²) in [6, 6.07) is 0.722. The molecular formula is C11H22N2OS. The summed E-state index contributed by atoms with van der Waals surface area (Å²) in [5, 5.41) is 6.53. The predicted molar refractivity (Wildman–Crippen MR) is 66.2 cm³/mol. The predicted octanol–water partition coefficient (Wildman–Crippen LogP) is 1.24. The molecule has 0 spiro atoms. The van der Waals surface area contributed by atoms with Gasteiger partial charge in [0.05, 0.1) is 0 Å². The Labute approximate surface area is 96.8 Å². The van der Waals surface area contributed by atoms with Gasteiger partial charge < -0.3 is 10.6 Å². The fraction of sp³-hybridized carbons (Fsp3) is 0.909. The fourth-order valence-corrected chi connectivity index (χ4v) is 2.54. The van der Waals surface area contributed by atoms with Crippen LogP contribution in [0.1, 0.15) is 26.7 Å². The summed E-state index contributed by atoms with van der Waals surface area (Å²) in [4.78, 5) is 11.8. The molecule has 0 aliphatic carbocycles. The van der Waals surface area contributed by atoms with Crippen molar-refractivity contribution in [3.63, 3.8) is 0 Å². The zero-order chi connectivity index (χ0) is 11.3. The van der Waals surface area contributed by atoms with Gasteiger partial charge in [-0.2, -0.15) is 11.8 Å². The summed E-state index contributed by atoms with van der Waals surface area (Å²) in [6.45, 7) is 5.21. The van der Waals surface area contributed by atoms with Gasteiger partial charge in [-0.3, -0.25) is 4.79 Å². The Bertz CT molecular complexity index is 211. The third-order valence-electron chi connectivity index (χ3n) is 2.95. The minimum Gasteiger partial charge on any atom is -0.352 e. The van der Waals surface area contributed by atoms with Crippen LogP contribution in [0.2, 0.25) is 0 Å². The molecule has 0 bridgehead atoms. The van der Waals surface area contributed by atoms with E-state index in [1.165, 1.54) is 0 Å². The molecule has 4 heteroatoms. The topological polar surface area (TPSA) is 41.1 Å². The Hall–Kier alpha value is -0.220. The molecule has 3 nitrogen and oxygen atoms in total. The maximum atomic E-state index is 11.8. The Morgan fingerprint density at radius 2 is 2.40 bits per heavy atom. The van der Waals surface area contributed by atoms with E-state index < -0.39 is 0 Å². The molecule has 1 fully saturated rings. The Kier molecular flexibility index (Phi) is 5.47. The standard InChI is InChI=1S/C11H22N2OS/c1-8(7-15-3)11(14)13-10-5-4-6-12-9(10)2/h8-10,12H,4-7H2,1-3H3,(H,13,14). The highest BCUT2D eigenvalue weighted by Crippen LogP contribution is 2.10. The van der Waals surface area contributed by atoms with Gasteiger partial charge in [-0.25, -0.2) is 0 Å². The molecule has 0 aromatic heterocycles. The van der Waals surface area contributed by atoms with E-state index in [9.17, 15) is 4.79 Å². The summed E-state index contributed by atoms with van der Waals surface area (Å²) >= 11 is 1.72. The van der Waals surface area contributed by atoms with E-state index in [1.54, 1.807) is 11.8 Å². The fourth-order valence-electron chi connectivity index (χ4n) is 1.89. The highest BCUT2D eigenvalue weighted by molar-refractivity contribution is 7.98. The number of rotatable bonds is 4. The quantitative estimate of drug-likeness (QED) is 0.763. The van der Waals surface area contributed by atoms with Crippen molar-refractivity contribution in [3.8, 4) is 0 Å². The monoisotopic (exact) mass is 230 g/mol. The second-order valence-electron chi connectivity index (χ2n) is 4.36. The summed E-state index contributed by atoms with van der Waals surface area (Å²) in [5.74, 6) is 1.22. The van der Waals surface area contributed by atoms with E-state index >= 15 is 0 Å². The first-order chi connectivity index (χ1) is 7.15. The lowest BCUT2D eigenvalue weighted by Gasteiger charge is -2.31. The van der Waals surface area contributed by atoms with Crippen LogP contribution in [-0.2, 0) is 4.79 Å². The number of carbonyl (C=O) groups is 1. The van der Waals surface area contributed by atoms with E-state index in [0.717, 1.165) is 25.1 Å². The first-order valence-electron chi connectivity index (χ1n) is 5.68. The summed E-state index contributed by atoms with van der Waals surface area (Å²) < 4.78 is 0. The zero-order valence-corrected chi connectivity index (χ0v) is 10.7. The first-order valence-corrected chi connectivity index (χ1v) is 7.07. The molecule has 0 saturated carbocycles. The van der Waals surface area contributed by atoms with Crippen LogP contribution in [0.3, 0.4) is 0 Å². The van der Waals surface area contributed by atoms with Crippen molar-refractivity contribution >= 4 is 17.7 Å². The largest absolute Gasteiger partial charge is 0.352 e. The Morgan fingerprint density at radius 3 is 3.00 bits per heavy atom. The summed E-state index contributed by atoms with van der Waals surface area (Å²) in [5.41, 5.74) is 0. The molecule has 15 heavy (non-hydrogen) atoms. The molecule has 3 atom stereocenters. The molecule has 1 aliphatic rings. The normalized spacial score (nSPS) is 28.5. The van der Waals surface area contributed by atoms with Gasteiger partial charge in [0.15, 0.2) is 0 Å². The molecule has 3 unspecified atom stereocenters. The number of hydrogen-bond acceptors (Lipinski definition) is 3. The van der Waals surface area contributed by atoms with E-state index in [1.807, 2.05) is 13.2 Å². The molecule has 88 valence electrons. The van der Waals surface area contributed by atoms with Gasteiger partial charge >= 0.3 is 0 Å². The third kappa shape index (κ3) is 4.03. The van der Waals surface area contributed by atoms with Gasteiger partial charge in [-0.15, -0.1) is 0 Å². The molecule has 1 rings (SSSR count). The van der Waals surface area contributed by atoms with Gasteiger partial charge in [0.25, 0.3) is 0 Å². The maximum absolute atomic E-state index is 11.8. The first kappa shape index (κ1) is 12.8. The molecular weight excluding hydrogens is 208 g/mol. The Balaban J connectivity index is 2.35. The zero-order valence-electron chi connectivity index (χ0n) is 9.88. The summed E-state index contributed by atoms with van der Waals surface area (Å²) in [7, 11) is 0. The van der Waals surface area contributed by atoms with Gasteiger partial charge in [-0.05, 0) is 32.6 Å². The van der Waals surface area contributed by atoms with Crippen molar-refractivity contribution in [3.05, 3.63) is 0 Å². The SMILES string of the molecule is CSCC(C)C(=O)NC1CCCNC1C. The van der Waals surface area contributed by atoms with E-state index in [4.69, 9.17) is 0 Å². The van der Waals surface area contributed by atoms with Crippen molar-refractivity contribution in [1.82, 2.24) is 10.6 Å².